The van der Waals surface area contributed by atoms with Gasteiger partial charge in [0.15, 0.2) is 0 Å². The van der Waals surface area contributed by atoms with E-state index in [1.54, 1.807) is 0 Å². The molecule has 4 nitrogen and oxygen atoms in total. The van der Waals surface area contributed by atoms with Gasteiger partial charge in [-0.05, 0) is 43.2 Å². The Hall–Kier alpha value is -1.51. The summed E-state index contributed by atoms with van der Waals surface area (Å²) in [6, 6.07) is 5.94. The first kappa shape index (κ1) is 18.3. The molecule has 0 radical (unpaired) electrons. The molecule has 1 aromatic carbocycles. The second-order valence-corrected chi connectivity index (χ2v) is 8.25. The molecule has 1 aliphatic heterocycles. The fraction of sp³-hybridized carbons (Fsp3) is 0.375. The van der Waals surface area contributed by atoms with E-state index in [-0.39, 0.29) is 6.54 Å². The smallest absolute Gasteiger partial charge is 0.353 e. The zero-order valence-electron chi connectivity index (χ0n) is 13.3. The molecule has 0 saturated carbocycles. The second-order valence-electron chi connectivity index (χ2n) is 5.96. The first-order chi connectivity index (χ1) is 11.6. The van der Waals surface area contributed by atoms with E-state index in [1.165, 1.54) is 4.31 Å². The topological polar surface area (TPSA) is 42.3 Å². The van der Waals surface area contributed by atoms with Gasteiger partial charge in [-0.3, -0.25) is 0 Å². The summed E-state index contributed by atoms with van der Waals surface area (Å²) in [5.41, 5.74) is -0.337. The van der Waals surface area contributed by atoms with Crippen molar-refractivity contribution < 1.29 is 21.6 Å². The average Bonchev–Trinajstić information content (AvgIpc) is 3.14. The number of alkyl halides is 3. The summed E-state index contributed by atoms with van der Waals surface area (Å²) >= 11 is 5.59. The van der Waals surface area contributed by atoms with Gasteiger partial charge in [-0.1, -0.05) is 11.6 Å². The van der Waals surface area contributed by atoms with Gasteiger partial charge in [0.05, 0.1) is 21.5 Å². The summed E-state index contributed by atoms with van der Waals surface area (Å²) in [6.07, 6.45) is -1.64. The summed E-state index contributed by atoms with van der Waals surface area (Å²) in [7, 11) is -2.26. The SMILES string of the molecule is Cn1cccc1[C@H]1CCCN1S(=O)(=O)c1ccc(Cl)c(C(F)(F)F)c1. The number of aryl methyl sites for hydroxylation is 1. The van der Waals surface area contributed by atoms with Crippen molar-refractivity contribution in [1.29, 1.82) is 0 Å². The van der Waals surface area contributed by atoms with Crippen LogP contribution in [0.4, 0.5) is 13.2 Å². The predicted molar refractivity (Wildman–Crippen MR) is 87.7 cm³/mol. The minimum atomic E-state index is -4.72. The maximum atomic E-state index is 13.1. The first-order valence-electron chi connectivity index (χ1n) is 7.62. The highest BCUT2D eigenvalue weighted by molar-refractivity contribution is 7.89. The third kappa shape index (κ3) is 3.30. The zero-order chi connectivity index (χ0) is 18.4. The van der Waals surface area contributed by atoms with Crippen LogP contribution >= 0.6 is 11.6 Å². The second kappa shape index (κ2) is 6.34. The van der Waals surface area contributed by atoms with Crippen LogP contribution in [-0.4, -0.2) is 23.8 Å². The van der Waals surface area contributed by atoms with E-state index in [2.05, 4.69) is 0 Å². The molecule has 0 bridgehead atoms. The number of sulfonamides is 1. The lowest BCUT2D eigenvalue weighted by Crippen LogP contribution is -2.31. The van der Waals surface area contributed by atoms with Crippen molar-refractivity contribution in [2.45, 2.75) is 30.0 Å². The van der Waals surface area contributed by atoms with Gasteiger partial charge in [0.2, 0.25) is 10.0 Å². The molecule has 1 saturated heterocycles. The highest BCUT2D eigenvalue weighted by Gasteiger charge is 2.39. The van der Waals surface area contributed by atoms with E-state index in [1.807, 2.05) is 29.9 Å². The molecule has 25 heavy (non-hydrogen) atoms. The summed E-state index contributed by atoms with van der Waals surface area (Å²) < 4.78 is 68.1. The molecular formula is C16H16ClF3N2O2S. The Morgan fingerprint density at radius 3 is 2.56 bits per heavy atom. The van der Waals surface area contributed by atoms with Crippen LogP contribution < -0.4 is 0 Å². The van der Waals surface area contributed by atoms with Crippen molar-refractivity contribution >= 4 is 21.6 Å². The van der Waals surface area contributed by atoms with Gasteiger partial charge in [-0.25, -0.2) is 8.42 Å². The Kier molecular flexibility index (Phi) is 4.63. The fourth-order valence-corrected chi connectivity index (χ4v) is 5.08. The highest BCUT2D eigenvalue weighted by Crippen LogP contribution is 2.39. The molecular weight excluding hydrogens is 377 g/mol. The molecule has 136 valence electrons. The van der Waals surface area contributed by atoms with Crippen LogP contribution in [0.5, 0.6) is 0 Å². The van der Waals surface area contributed by atoms with Crippen molar-refractivity contribution in [1.82, 2.24) is 8.87 Å². The Morgan fingerprint density at radius 2 is 1.96 bits per heavy atom. The Bertz CT molecular complexity index is 893. The van der Waals surface area contributed by atoms with Crippen molar-refractivity contribution in [3.05, 3.63) is 52.8 Å². The molecule has 9 heteroatoms. The van der Waals surface area contributed by atoms with Crippen LogP contribution in [0.1, 0.15) is 30.1 Å². The molecule has 1 fully saturated rings. The quantitative estimate of drug-likeness (QED) is 0.784. The van der Waals surface area contributed by atoms with E-state index in [0.29, 0.717) is 18.9 Å². The number of hydrogen-bond acceptors (Lipinski definition) is 2. The van der Waals surface area contributed by atoms with E-state index < -0.39 is 37.7 Å². The lowest BCUT2D eigenvalue weighted by molar-refractivity contribution is -0.137. The van der Waals surface area contributed by atoms with Gasteiger partial charge >= 0.3 is 6.18 Å². The number of hydrogen-bond donors (Lipinski definition) is 0. The summed E-state index contributed by atoms with van der Waals surface area (Å²) in [6.45, 7) is 0.266. The Labute approximate surface area is 148 Å². The monoisotopic (exact) mass is 392 g/mol. The molecule has 1 aromatic heterocycles. The van der Waals surface area contributed by atoms with Gasteiger partial charge in [0.25, 0.3) is 0 Å². The van der Waals surface area contributed by atoms with Crippen LogP contribution in [0.15, 0.2) is 41.4 Å². The van der Waals surface area contributed by atoms with Crippen molar-refractivity contribution in [2.75, 3.05) is 6.54 Å². The van der Waals surface area contributed by atoms with Crippen molar-refractivity contribution in [3.8, 4) is 0 Å². The maximum Gasteiger partial charge on any atom is 0.417 e. The van der Waals surface area contributed by atoms with Gasteiger partial charge < -0.3 is 4.57 Å². The number of nitrogens with zero attached hydrogens (tertiary/aromatic N) is 2. The van der Waals surface area contributed by atoms with E-state index >= 15 is 0 Å². The molecule has 3 rings (SSSR count). The highest BCUT2D eigenvalue weighted by atomic mass is 35.5. The third-order valence-electron chi connectivity index (χ3n) is 4.38. The lowest BCUT2D eigenvalue weighted by Gasteiger charge is -2.25. The molecule has 0 amide bonds. The molecule has 0 unspecified atom stereocenters. The molecule has 0 N–H and O–H groups in total. The summed E-state index contributed by atoms with van der Waals surface area (Å²) in [5, 5.41) is -0.521. The minimum Gasteiger partial charge on any atom is -0.353 e. The van der Waals surface area contributed by atoms with Crippen molar-refractivity contribution in [2.24, 2.45) is 7.05 Å². The largest absolute Gasteiger partial charge is 0.417 e. The maximum absolute atomic E-state index is 13.1. The third-order valence-corrected chi connectivity index (χ3v) is 6.61. The van der Waals surface area contributed by atoms with E-state index in [9.17, 15) is 21.6 Å². The summed E-state index contributed by atoms with van der Waals surface area (Å²) in [4.78, 5) is -0.398. The molecule has 1 aliphatic rings. The Balaban J connectivity index is 2.03. The van der Waals surface area contributed by atoms with Crippen LogP contribution in [0.25, 0.3) is 0 Å². The van der Waals surface area contributed by atoms with Crippen molar-refractivity contribution in [3.63, 3.8) is 0 Å². The fourth-order valence-electron chi connectivity index (χ4n) is 3.16. The molecule has 2 aromatic rings. The number of halogens is 4. The molecule has 1 atom stereocenters. The minimum absolute atomic E-state index is 0.266. The van der Waals surface area contributed by atoms with E-state index in [0.717, 1.165) is 17.8 Å². The van der Waals surface area contributed by atoms with Crippen LogP contribution in [0.2, 0.25) is 5.02 Å². The molecule has 0 spiro atoms. The van der Waals surface area contributed by atoms with Crippen LogP contribution in [0.3, 0.4) is 0 Å². The Morgan fingerprint density at radius 1 is 1.24 bits per heavy atom. The van der Waals surface area contributed by atoms with Crippen LogP contribution in [0, 0.1) is 0 Å². The lowest BCUT2D eigenvalue weighted by atomic mass is 10.1. The number of rotatable bonds is 3. The number of benzene rings is 1. The van der Waals surface area contributed by atoms with Gasteiger partial charge in [-0.15, -0.1) is 0 Å². The first-order valence-corrected chi connectivity index (χ1v) is 9.44. The normalized spacial score (nSPS) is 19.5. The van der Waals surface area contributed by atoms with Gasteiger partial charge in [0.1, 0.15) is 0 Å². The molecule has 2 heterocycles. The van der Waals surface area contributed by atoms with Gasteiger partial charge in [0, 0.05) is 25.5 Å². The van der Waals surface area contributed by atoms with Gasteiger partial charge in [-0.2, -0.15) is 17.5 Å². The zero-order valence-corrected chi connectivity index (χ0v) is 14.9. The predicted octanol–water partition coefficient (Wildman–Crippen LogP) is 4.22. The number of aromatic nitrogens is 1. The summed E-state index contributed by atoms with van der Waals surface area (Å²) in [5.74, 6) is 0. The average molecular weight is 393 g/mol. The molecule has 0 aliphatic carbocycles. The van der Waals surface area contributed by atoms with E-state index in [4.69, 9.17) is 11.6 Å². The van der Waals surface area contributed by atoms with Crippen LogP contribution in [-0.2, 0) is 23.2 Å². The standard InChI is InChI=1S/C16H16ClF3N2O2S/c1-21-8-2-4-14(21)15-5-3-9-22(15)25(23,24)11-6-7-13(17)12(10-11)16(18,19)20/h2,4,6-8,10,15H,3,5,9H2,1H3/t15-/m1/s1.